The molecular weight excluding hydrogens is 502 g/mol. The summed E-state index contributed by atoms with van der Waals surface area (Å²) in [4.78, 5) is 30.0. The minimum atomic E-state index is -0.341. The van der Waals surface area contributed by atoms with Gasteiger partial charge in [0.25, 0.3) is 5.91 Å². The van der Waals surface area contributed by atoms with Crippen molar-refractivity contribution in [1.29, 1.82) is 0 Å². The van der Waals surface area contributed by atoms with Gasteiger partial charge >= 0.3 is 0 Å². The van der Waals surface area contributed by atoms with E-state index in [9.17, 15) is 14.7 Å². The summed E-state index contributed by atoms with van der Waals surface area (Å²) in [6.45, 7) is 5.70. The van der Waals surface area contributed by atoms with E-state index in [1.54, 1.807) is 23.1 Å². The van der Waals surface area contributed by atoms with Crippen molar-refractivity contribution in [1.82, 2.24) is 9.80 Å². The topological polar surface area (TPSA) is 82.1 Å². The molecule has 40 heavy (non-hydrogen) atoms. The summed E-state index contributed by atoms with van der Waals surface area (Å²) >= 11 is 0. The molecule has 0 bridgehead atoms. The first-order valence-corrected chi connectivity index (χ1v) is 14.2. The molecule has 1 aliphatic carbocycles. The van der Waals surface area contributed by atoms with Crippen molar-refractivity contribution in [2.45, 2.75) is 45.4 Å². The number of hydrogen-bond donors (Lipinski definition) is 2. The fraction of sp³-hybridized carbons (Fsp3) is 0.394. The monoisotopic (exact) mass is 541 g/mol. The maximum absolute atomic E-state index is 13.6. The van der Waals surface area contributed by atoms with E-state index >= 15 is 0 Å². The van der Waals surface area contributed by atoms with Crippen LogP contribution in [0.25, 0.3) is 11.1 Å². The normalized spacial score (nSPS) is 19.8. The van der Waals surface area contributed by atoms with Crippen LogP contribution in [0.1, 0.15) is 42.6 Å². The van der Waals surface area contributed by atoms with E-state index in [1.807, 2.05) is 25.1 Å². The van der Waals surface area contributed by atoms with E-state index < -0.39 is 0 Å². The zero-order valence-corrected chi connectivity index (χ0v) is 23.5. The summed E-state index contributed by atoms with van der Waals surface area (Å²) in [5, 5.41) is 12.9. The lowest BCUT2D eigenvalue weighted by molar-refractivity contribution is -0.117. The number of anilines is 1. The van der Waals surface area contributed by atoms with E-state index in [0.717, 1.165) is 19.4 Å². The number of benzene rings is 3. The van der Waals surface area contributed by atoms with Crippen molar-refractivity contribution in [2.24, 2.45) is 11.8 Å². The summed E-state index contributed by atoms with van der Waals surface area (Å²) in [7, 11) is 2.08. The van der Waals surface area contributed by atoms with Crippen LogP contribution in [0.5, 0.6) is 5.75 Å². The third-order valence-electron chi connectivity index (χ3n) is 7.89. The molecule has 7 nitrogen and oxygen atoms in total. The molecule has 0 unspecified atom stereocenters. The average molecular weight is 542 g/mol. The Labute approximate surface area is 236 Å². The van der Waals surface area contributed by atoms with Crippen LogP contribution in [0.4, 0.5) is 5.69 Å². The first-order chi connectivity index (χ1) is 19.3. The number of hydrogen-bond acceptors (Lipinski definition) is 5. The molecule has 0 radical (unpaired) electrons. The Morgan fingerprint density at radius 1 is 1.07 bits per heavy atom. The molecule has 2 amide bonds. The van der Waals surface area contributed by atoms with E-state index in [-0.39, 0.29) is 42.4 Å². The van der Waals surface area contributed by atoms with Gasteiger partial charge in [0, 0.05) is 37.2 Å². The maximum Gasteiger partial charge on any atom is 0.258 e. The third kappa shape index (κ3) is 6.54. The summed E-state index contributed by atoms with van der Waals surface area (Å²) < 4.78 is 6.52. The molecule has 1 aliphatic heterocycles. The molecule has 0 aromatic heterocycles. The Kier molecular flexibility index (Phi) is 8.52. The maximum atomic E-state index is 13.6. The van der Waals surface area contributed by atoms with Gasteiger partial charge in [0.15, 0.2) is 0 Å². The molecule has 0 saturated heterocycles. The van der Waals surface area contributed by atoms with Gasteiger partial charge in [-0.25, -0.2) is 0 Å². The van der Waals surface area contributed by atoms with Crippen LogP contribution < -0.4 is 10.1 Å². The molecule has 5 rings (SSSR count). The minimum Gasteiger partial charge on any atom is -0.488 e. The number of fused-ring (bicyclic) bond motifs is 1. The number of ether oxygens (including phenoxy) is 1. The lowest BCUT2D eigenvalue weighted by atomic mass is 9.99. The van der Waals surface area contributed by atoms with Crippen LogP contribution in [0.15, 0.2) is 72.8 Å². The Bertz CT molecular complexity index is 1320. The van der Waals surface area contributed by atoms with Gasteiger partial charge in [-0.15, -0.1) is 0 Å². The van der Waals surface area contributed by atoms with Crippen LogP contribution >= 0.6 is 0 Å². The van der Waals surface area contributed by atoms with E-state index in [0.29, 0.717) is 30.1 Å². The molecule has 1 fully saturated rings. The molecule has 3 aromatic carbocycles. The summed E-state index contributed by atoms with van der Waals surface area (Å²) in [5.74, 6) is 0.390. The molecular formula is C33H39N3O4. The fourth-order valence-electron chi connectivity index (χ4n) is 5.22. The minimum absolute atomic E-state index is 0.00957. The summed E-state index contributed by atoms with van der Waals surface area (Å²) in [5.41, 5.74) is 4.60. The van der Waals surface area contributed by atoms with Gasteiger partial charge in [-0.3, -0.25) is 14.5 Å². The van der Waals surface area contributed by atoms with Crippen LogP contribution in [0, 0.1) is 11.8 Å². The second-order valence-corrected chi connectivity index (χ2v) is 11.4. The van der Waals surface area contributed by atoms with Crippen molar-refractivity contribution in [3.05, 3.63) is 83.9 Å². The van der Waals surface area contributed by atoms with Gasteiger partial charge in [-0.1, -0.05) is 61.5 Å². The molecule has 3 atom stereocenters. The molecule has 0 spiro atoms. The Hall–Kier alpha value is -3.68. The van der Waals surface area contributed by atoms with Crippen LogP contribution in [0.3, 0.4) is 0 Å². The van der Waals surface area contributed by atoms with E-state index in [4.69, 9.17) is 4.74 Å². The highest BCUT2D eigenvalue weighted by atomic mass is 16.5. The van der Waals surface area contributed by atoms with E-state index in [1.165, 1.54) is 16.7 Å². The molecule has 7 heteroatoms. The Morgan fingerprint density at radius 3 is 2.45 bits per heavy atom. The number of nitrogens with one attached hydrogen (secondary N) is 1. The second-order valence-electron chi connectivity index (χ2n) is 11.4. The largest absolute Gasteiger partial charge is 0.488 e. The summed E-state index contributed by atoms with van der Waals surface area (Å²) in [6, 6.07) is 23.9. The van der Waals surface area contributed by atoms with Crippen molar-refractivity contribution in [2.75, 3.05) is 32.1 Å². The van der Waals surface area contributed by atoms with Crippen LogP contribution in [0.2, 0.25) is 0 Å². The molecule has 2 N–H and O–H groups in total. The SMILES string of the molecule is C[C@H]1CN([C@@H](C)CO)C(=O)c2cc(NC(=O)C3CC3)ccc2O[C@H]1CN(C)Cc1ccc(-c2ccccc2)cc1. The molecule has 2 aliphatic rings. The number of likely N-dealkylation sites (N-methyl/N-ethyl adjacent to an activating group) is 1. The van der Waals surface area contributed by atoms with Gasteiger partial charge in [-0.2, -0.15) is 0 Å². The predicted octanol–water partition coefficient (Wildman–Crippen LogP) is 5.05. The van der Waals surface area contributed by atoms with Gasteiger partial charge in [-0.05, 0) is 61.7 Å². The highest BCUT2D eigenvalue weighted by Gasteiger charge is 2.34. The average Bonchev–Trinajstić information content (AvgIpc) is 3.82. The van der Waals surface area contributed by atoms with Gasteiger partial charge in [0.1, 0.15) is 11.9 Å². The number of nitrogens with zero attached hydrogens (tertiary/aromatic N) is 2. The first kappa shape index (κ1) is 27.9. The van der Waals surface area contributed by atoms with Crippen molar-refractivity contribution in [3.8, 4) is 16.9 Å². The van der Waals surface area contributed by atoms with Gasteiger partial charge in [0.05, 0.1) is 18.2 Å². The predicted molar refractivity (Wildman–Crippen MR) is 157 cm³/mol. The van der Waals surface area contributed by atoms with Crippen molar-refractivity contribution < 1.29 is 19.4 Å². The van der Waals surface area contributed by atoms with Gasteiger partial charge in [0.2, 0.25) is 5.91 Å². The van der Waals surface area contributed by atoms with E-state index in [2.05, 4.69) is 60.6 Å². The number of rotatable bonds is 9. The highest BCUT2D eigenvalue weighted by Crippen LogP contribution is 2.33. The summed E-state index contributed by atoms with van der Waals surface area (Å²) in [6.07, 6.45) is 1.64. The molecule has 3 aromatic rings. The first-order valence-electron chi connectivity index (χ1n) is 14.2. The lowest BCUT2D eigenvalue weighted by Gasteiger charge is -2.38. The second kappa shape index (κ2) is 12.2. The van der Waals surface area contributed by atoms with Crippen molar-refractivity contribution >= 4 is 17.5 Å². The molecule has 1 saturated carbocycles. The number of aliphatic hydroxyl groups excluding tert-OH is 1. The number of amides is 2. The van der Waals surface area contributed by atoms with Gasteiger partial charge < -0.3 is 20.1 Å². The van der Waals surface area contributed by atoms with Crippen LogP contribution in [-0.2, 0) is 11.3 Å². The highest BCUT2D eigenvalue weighted by molar-refractivity contribution is 6.00. The standard InChI is InChI=1S/C33H39N3O4/c1-22-18-36(23(2)21-37)33(39)29-17-28(34-32(38)27-13-14-27)15-16-30(29)40-31(22)20-35(3)19-24-9-11-26(12-10-24)25-7-5-4-6-8-25/h4-12,15-17,22-23,27,31,37H,13-14,18-21H2,1-3H3,(H,34,38)/t22-,23-,31-/m0/s1. The quantitative estimate of drug-likeness (QED) is 0.396. The lowest BCUT2D eigenvalue weighted by Crippen LogP contribution is -2.49. The molecule has 1 heterocycles. The zero-order valence-electron chi connectivity index (χ0n) is 23.5. The third-order valence-corrected chi connectivity index (χ3v) is 7.89. The Morgan fingerprint density at radius 2 is 1.77 bits per heavy atom. The van der Waals surface area contributed by atoms with Crippen LogP contribution in [-0.4, -0.2) is 65.6 Å². The fourth-order valence-corrected chi connectivity index (χ4v) is 5.22. The number of carbonyl (C=O) groups is 2. The number of aliphatic hydroxyl groups is 1. The van der Waals surface area contributed by atoms with Crippen molar-refractivity contribution in [3.63, 3.8) is 0 Å². The zero-order chi connectivity index (χ0) is 28.2. The Balaban J connectivity index is 1.33. The number of carbonyl (C=O) groups excluding carboxylic acids is 2. The smallest absolute Gasteiger partial charge is 0.258 e. The molecule has 210 valence electrons.